The van der Waals surface area contributed by atoms with Crippen LogP contribution in [-0.4, -0.2) is 30.9 Å². The third-order valence-corrected chi connectivity index (χ3v) is 1.85. The Bertz CT molecular complexity index is 150. The zero-order valence-electron chi connectivity index (χ0n) is 6.83. The fourth-order valence-electron chi connectivity index (χ4n) is 0.271. The number of amides is 1. The van der Waals surface area contributed by atoms with Gasteiger partial charge >= 0.3 is 6.09 Å². The van der Waals surface area contributed by atoms with Crippen LogP contribution in [0.5, 0.6) is 0 Å². The summed E-state index contributed by atoms with van der Waals surface area (Å²) in [4.78, 5) is 14.8. The Kier molecular flexibility index (Phi) is 5.64. The summed E-state index contributed by atoms with van der Waals surface area (Å²) in [5.74, 6) is 0. The number of thioether (sulfide) groups is 1. The first-order valence-corrected chi connectivity index (χ1v) is 4.44. The molecule has 0 rings (SSSR count). The van der Waals surface area contributed by atoms with E-state index < -0.39 is 6.09 Å². The summed E-state index contributed by atoms with van der Waals surface area (Å²) in [6.07, 6.45) is 2.98. The number of hydrogen-bond acceptors (Lipinski definition) is 4. The van der Waals surface area contributed by atoms with Crippen LogP contribution < -0.4 is 5.32 Å². The number of oxime groups is 1. The molecular formula is C6H12N2O2S. The smallest absolute Gasteiger partial charge is 0.323 e. The molecule has 1 unspecified atom stereocenters. The van der Waals surface area contributed by atoms with E-state index in [0.717, 1.165) is 0 Å². The van der Waals surface area contributed by atoms with E-state index in [2.05, 4.69) is 15.3 Å². The van der Waals surface area contributed by atoms with Gasteiger partial charge in [-0.15, -0.1) is 0 Å². The lowest BCUT2D eigenvalue weighted by atomic mass is 10.5. The van der Waals surface area contributed by atoms with Gasteiger partial charge < -0.3 is 5.32 Å². The van der Waals surface area contributed by atoms with Gasteiger partial charge in [-0.2, -0.15) is 11.8 Å². The summed E-state index contributed by atoms with van der Waals surface area (Å²) in [6.45, 7) is 1.96. The number of nitrogens with zero attached hydrogens (tertiary/aromatic N) is 1. The topological polar surface area (TPSA) is 50.7 Å². The van der Waals surface area contributed by atoms with Crippen molar-refractivity contribution in [1.29, 1.82) is 0 Å². The highest BCUT2D eigenvalue weighted by Crippen LogP contribution is 2.00. The van der Waals surface area contributed by atoms with Gasteiger partial charge in [0.2, 0.25) is 0 Å². The Morgan fingerprint density at radius 1 is 1.82 bits per heavy atom. The van der Waals surface area contributed by atoms with Gasteiger partial charge in [-0.05, 0) is 13.2 Å². The van der Waals surface area contributed by atoms with Crippen molar-refractivity contribution < 1.29 is 9.63 Å². The lowest BCUT2D eigenvalue weighted by molar-refractivity contribution is 0.153. The summed E-state index contributed by atoms with van der Waals surface area (Å²) < 4.78 is 0. The van der Waals surface area contributed by atoms with E-state index in [1.54, 1.807) is 18.0 Å². The minimum atomic E-state index is -0.547. The summed E-state index contributed by atoms with van der Waals surface area (Å²) >= 11 is 1.62. The Morgan fingerprint density at radius 3 is 2.91 bits per heavy atom. The van der Waals surface area contributed by atoms with Crippen LogP contribution in [-0.2, 0) is 4.84 Å². The van der Waals surface area contributed by atoms with Crippen LogP contribution in [0.2, 0.25) is 0 Å². The maximum Gasteiger partial charge on any atom is 0.433 e. The van der Waals surface area contributed by atoms with Crippen molar-refractivity contribution in [3.8, 4) is 0 Å². The molecule has 0 aromatic rings. The van der Waals surface area contributed by atoms with Crippen molar-refractivity contribution in [3.05, 3.63) is 0 Å². The second-order valence-electron chi connectivity index (χ2n) is 1.82. The fraction of sp³-hybridized carbons (Fsp3) is 0.667. The number of rotatable bonds is 3. The van der Waals surface area contributed by atoms with E-state index in [0.29, 0.717) is 0 Å². The molecule has 1 atom stereocenters. The molecule has 0 bridgehead atoms. The third kappa shape index (κ3) is 5.72. The SMILES string of the molecule is CNC(=O)O/N=C/C(C)SC. The van der Waals surface area contributed by atoms with Crippen molar-refractivity contribution in [2.45, 2.75) is 12.2 Å². The Balaban J connectivity index is 3.51. The molecule has 64 valence electrons. The minimum absolute atomic E-state index is 0.264. The van der Waals surface area contributed by atoms with Crippen LogP contribution in [0.4, 0.5) is 4.79 Å². The predicted molar refractivity (Wildman–Crippen MR) is 47.0 cm³/mol. The molecule has 11 heavy (non-hydrogen) atoms. The standard InChI is InChI=1S/C6H12N2O2S/c1-5(11-3)4-8-10-6(9)7-2/h4-5H,1-3H3,(H,7,9)/b8-4+. The Hall–Kier alpha value is -0.710. The number of carbonyl (C=O) groups is 1. The Morgan fingerprint density at radius 2 is 2.45 bits per heavy atom. The zero-order valence-corrected chi connectivity index (χ0v) is 7.64. The largest absolute Gasteiger partial charge is 0.433 e. The molecular weight excluding hydrogens is 164 g/mol. The van der Waals surface area contributed by atoms with Gasteiger partial charge in [0.15, 0.2) is 0 Å². The van der Waals surface area contributed by atoms with Gasteiger partial charge in [-0.1, -0.05) is 5.16 Å². The van der Waals surface area contributed by atoms with Gasteiger partial charge in [0.25, 0.3) is 0 Å². The second kappa shape index (κ2) is 6.03. The maximum atomic E-state index is 10.4. The number of carbonyl (C=O) groups excluding carboxylic acids is 1. The molecule has 0 aliphatic carbocycles. The maximum absolute atomic E-state index is 10.4. The van der Waals surface area contributed by atoms with Crippen LogP contribution >= 0.6 is 11.8 Å². The van der Waals surface area contributed by atoms with Crippen molar-refractivity contribution in [2.75, 3.05) is 13.3 Å². The molecule has 0 saturated carbocycles. The molecule has 0 aliphatic heterocycles. The minimum Gasteiger partial charge on any atom is -0.323 e. The first-order chi connectivity index (χ1) is 5.20. The third-order valence-electron chi connectivity index (χ3n) is 0.982. The van der Waals surface area contributed by atoms with E-state index in [1.807, 2.05) is 13.2 Å². The molecule has 0 aromatic carbocycles. The molecule has 0 aromatic heterocycles. The molecule has 0 aliphatic rings. The second-order valence-corrected chi connectivity index (χ2v) is 3.04. The normalized spacial score (nSPS) is 13.0. The van der Waals surface area contributed by atoms with Gasteiger partial charge in [0.05, 0.1) is 6.21 Å². The van der Waals surface area contributed by atoms with E-state index in [9.17, 15) is 4.79 Å². The summed E-state index contributed by atoms with van der Waals surface area (Å²) in [7, 11) is 1.48. The molecule has 0 spiro atoms. The summed E-state index contributed by atoms with van der Waals surface area (Å²) in [5, 5.41) is 5.99. The highest BCUT2D eigenvalue weighted by molar-refractivity contribution is 7.99. The average molecular weight is 176 g/mol. The summed E-state index contributed by atoms with van der Waals surface area (Å²) in [6, 6.07) is 0. The fourth-order valence-corrected chi connectivity index (χ4v) is 0.442. The van der Waals surface area contributed by atoms with Crippen molar-refractivity contribution in [2.24, 2.45) is 5.16 Å². The monoisotopic (exact) mass is 176 g/mol. The van der Waals surface area contributed by atoms with E-state index >= 15 is 0 Å². The first kappa shape index (κ1) is 10.3. The van der Waals surface area contributed by atoms with Gasteiger partial charge in [-0.25, -0.2) is 4.79 Å². The summed E-state index contributed by atoms with van der Waals surface area (Å²) in [5.41, 5.74) is 0. The van der Waals surface area contributed by atoms with E-state index in [1.165, 1.54) is 7.05 Å². The molecule has 5 heteroatoms. The van der Waals surface area contributed by atoms with Crippen LogP contribution in [0.15, 0.2) is 5.16 Å². The van der Waals surface area contributed by atoms with Crippen molar-refractivity contribution in [3.63, 3.8) is 0 Å². The number of nitrogens with one attached hydrogen (secondary N) is 1. The van der Waals surface area contributed by atoms with Crippen molar-refractivity contribution >= 4 is 24.1 Å². The molecule has 0 heterocycles. The van der Waals surface area contributed by atoms with Crippen LogP contribution in [0, 0.1) is 0 Å². The van der Waals surface area contributed by atoms with Gasteiger partial charge in [0, 0.05) is 12.3 Å². The van der Waals surface area contributed by atoms with Gasteiger partial charge in [0.1, 0.15) is 0 Å². The highest BCUT2D eigenvalue weighted by atomic mass is 32.2. The highest BCUT2D eigenvalue weighted by Gasteiger charge is 1.95. The van der Waals surface area contributed by atoms with Crippen LogP contribution in [0.25, 0.3) is 0 Å². The molecule has 0 fully saturated rings. The quantitative estimate of drug-likeness (QED) is 0.397. The first-order valence-electron chi connectivity index (χ1n) is 3.15. The van der Waals surface area contributed by atoms with Crippen molar-refractivity contribution in [1.82, 2.24) is 5.32 Å². The number of hydrogen-bond donors (Lipinski definition) is 1. The Labute approximate surface area is 70.4 Å². The lowest BCUT2D eigenvalue weighted by Gasteiger charge is -1.97. The molecule has 1 amide bonds. The molecule has 1 N–H and O–H groups in total. The average Bonchev–Trinajstić information content (AvgIpc) is 2.04. The molecule has 4 nitrogen and oxygen atoms in total. The predicted octanol–water partition coefficient (Wildman–Crippen LogP) is 1.08. The lowest BCUT2D eigenvalue weighted by Crippen LogP contribution is -2.17. The van der Waals surface area contributed by atoms with E-state index in [-0.39, 0.29) is 5.25 Å². The van der Waals surface area contributed by atoms with Gasteiger partial charge in [-0.3, -0.25) is 4.84 Å². The van der Waals surface area contributed by atoms with Crippen LogP contribution in [0.1, 0.15) is 6.92 Å². The molecule has 0 saturated heterocycles. The zero-order chi connectivity index (χ0) is 8.69. The molecule has 0 radical (unpaired) electrons. The van der Waals surface area contributed by atoms with E-state index in [4.69, 9.17) is 0 Å². The van der Waals surface area contributed by atoms with Crippen LogP contribution in [0.3, 0.4) is 0 Å².